The Balaban J connectivity index is 0.00000144. The van der Waals surface area contributed by atoms with Crippen molar-refractivity contribution < 1.29 is 9.59 Å². The lowest BCUT2D eigenvalue weighted by Gasteiger charge is -2.17. The molecule has 0 radical (unpaired) electrons. The van der Waals surface area contributed by atoms with E-state index in [2.05, 4.69) is 16.0 Å². The normalized spacial score (nSPS) is 28.8. The van der Waals surface area contributed by atoms with Crippen LogP contribution in [0.4, 0.5) is 0 Å². The van der Waals surface area contributed by atoms with Gasteiger partial charge >= 0.3 is 0 Å². The standard InChI is InChI=1S/C11H19N3O2.ClH/c15-10(8-4-6-12-7-8)14-9-3-1-2-5-13-11(9)16;/h8-9,12H,1-7H2,(H,13,16)(H,14,15);1H. The largest absolute Gasteiger partial charge is 0.354 e. The van der Waals surface area contributed by atoms with Crippen LogP contribution in [0.25, 0.3) is 0 Å². The topological polar surface area (TPSA) is 70.2 Å². The predicted molar refractivity (Wildman–Crippen MR) is 67.0 cm³/mol. The van der Waals surface area contributed by atoms with Crippen LogP contribution in [0.5, 0.6) is 0 Å². The van der Waals surface area contributed by atoms with Crippen LogP contribution >= 0.6 is 12.4 Å². The molecule has 2 amide bonds. The Labute approximate surface area is 108 Å². The Hall–Kier alpha value is -0.810. The van der Waals surface area contributed by atoms with Crippen LogP contribution < -0.4 is 16.0 Å². The van der Waals surface area contributed by atoms with E-state index in [1.807, 2.05) is 0 Å². The third-order valence-corrected chi connectivity index (χ3v) is 3.28. The fraction of sp³-hybridized carbons (Fsp3) is 0.818. The molecule has 0 spiro atoms. The van der Waals surface area contributed by atoms with E-state index in [9.17, 15) is 9.59 Å². The second-order valence-corrected chi connectivity index (χ2v) is 4.54. The lowest BCUT2D eigenvalue weighted by molar-refractivity contribution is -0.130. The van der Waals surface area contributed by atoms with E-state index in [1.165, 1.54) is 0 Å². The molecular formula is C11H20ClN3O2. The third-order valence-electron chi connectivity index (χ3n) is 3.28. The van der Waals surface area contributed by atoms with E-state index < -0.39 is 0 Å². The van der Waals surface area contributed by atoms with Gasteiger partial charge in [-0.2, -0.15) is 0 Å². The number of carbonyl (C=O) groups is 2. The highest BCUT2D eigenvalue weighted by molar-refractivity contribution is 5.88. The Bertz CT molecular complexity index is 280. The molecule has 2 aliphatic rings. The molecule has 6 heteroatoms. The summed E-state index contributed by atoms with van der Waals surface area (Å²) in [5.41, 5.74) is 0. The van der Waals surface area contributed by atoms with Gasteiger partial charge in [0.1, 0.15) is 6.04 Å². The Morgan fingerprint density at radius 1 is 1.24 bits per heavy atom. The van der Waals surface area contributed by atoms with Crippen molar-refractivity contribution in [2.24, 2.45) is 5.92 Å². The van der Waals surface area contributed by atoms with Crippen LogP contribution in [0.15, 0.2) is 0 Å². The molecule has 0 aliphatic carbocycles. The zero-order valence-electron chi connectivity index (χ0n) is 9.83. The summed E-state index contributed by atoms with van der Waals surface area (Å²) in [4.78, 5) is 23.5. The quantitative estimate of drug-likeness (QED) is 0.645. The van der Waals surface area contributed by atoms with Crippen molar-refractivity contribution >= 4 is 24.2 Å². The monoisotopic (exact) mass is 261 g/mol. The van der Waals surface area contributed by atoms with Crippen molar-refractivity contribution in [3.63, 3.8) is 0 Å². The van der Waals surface area contributed by atoms with Crippen LogP contribution in [0.2, 0.25) is 0 Å². The number of hydrogen-bond acceptors (Lipinski definition) is 3. The van der Waals surface area contributed by atoms with Gasteiger partial charge in [0, 0.05) is 13.1 Å². The lowest BCUT2D eigenvalue weighted by atomic mass is 10.1. The number of nitrogens with one attached hydrogen (secondary N) is 3. The molecule has 0 bridgehead atoms. The average molecular weight is 262 g/mol. The van der Waals surface area contributed by atoms with Crippen molar-refractivity contribution in [2.45, 2.75) is 31.7 Å². The summed E-state index contributed by atoms with van der Waals surface area (Å²) in [6, 6.07) is -0.324. The van der Waals surface area contributed by atoms with Crippen LogP contribution in [0, 0.1) is 5.92 Å². The number of rotatable bonds is 2. The van der Waals surface area contributed by atoms with Gasteiger partial charge in [-0.3, -0.25) is 9.59 Å². The fourth-order valence-electron chi connectivity index (χ4n) is 2.25. The molecule has 0 aromatic carbocycles. The minimum atomic E-state index is -0.324. The molecule has 2 heterocycles. The molecule has 0 aromatic rings. The smallest absolute Gasteiger partial charge is 0.242 e. The molecule has 3 N–H and O–H groups in total. The van der Waals surface area contributed by atoms with Gasteiger partial charge < -0.3 is 16.0 Å². The Morgan fingerprint density at radius 3 is 2.76 bits per heavy atom. The molecule has 2 aliphatic heterocycles. The molecule has 2 unspecified atom stereocenters. The van der Waals surface area contributed by atoms with Crippen molar-refractivity contribution in [1.29, 1.82) is 0 Å². The summed E-state index contributed by atoms with van der Waals surface area (Å²) in [5.74, 6) is 0.0277. The van der Waals surface area contributed by atoms with E-state index in [0.717, 1.165) is 45.3 Å². The summed E-state index contributed by atoms with van der Waals surface area (Å²) < 4.78 is 0. The SMILES string of the molecule is Cl.O=C(NC1CCCCNC1=O)C1CCNC1. The lowest BCUT2D eigenvalue weighted by Crippen LogP contribution is -2.47. The summed E-state index contributed by atoms with van der Waals surface area (Å²) >= 11 is 0. The summed E-state index contributed by atoms with van der Waals surface area (Å²) in [6.45, 7) is 2.37. The minimum absolute atomic E-state index is 0. The van der Waals surface area contributed by atoms with E-state index >= 15 is 0 Å². The van der Waals surface area contributed by atoms with E-state index in [1.54, 1.807) is 0 Å². The van der Waals surface area contributed by atoms with Crippen molar-refractivity contribution in [2.75, 3.05) is 19.6 Å². The summed E-state index contributed by atoms with van der Waals surface area (Å²) in [5, 5.41) is 8.83. The maximum atomic E-state index is 11.8. The maximum absolute atomic E-state index is 11.8. The number of carbonyl (C=O) groups excluding carboxylic acids is 2. The van der Waals surface area contributed by atoms with E-state index in [0.29, 0.717) is 0 Å². The van der Waals surface area contributed by atoms with Crippen molar-refractivity contribution in [3.8, 4) is 0 Å². The maximum Gasteiger partial charge on any atom is 0.242 e. The zero-order chi connectivity index (χ0) is 11.4. The van der Waals surface area contributed by atoms with Gasteiger partial charge in [0.25, 0.3) is 0 Å². The zero-order valence-corrected chi connectivity index (χ0v) is 10.6. The van der Waals surface area contributed by atoms with Crippen molar-refractivity contribution in [3.05, 3.63) is 0 Å². The molecule has 0 aromatic heterocycles. The molecule has 0 saturated carbocycles. The number of halogens is 1. The highest BCUT2D eigenvalue weighted by atomic mass is 35.5. The van der Waals surface area contributed by atoms with Gasteiger partial charge in [-0.1, -0.05) is 0 Å². The first kappa shape index (κ1) is 14.3. The van der Waals surface area contributed by atoms with Crippen LogP contribution in [0.1, 0.15) is 25.7 Å². The van der Waals surface area contributed by atoms with Gasteiger partial charge in [0.05, 0.1) is 5.92 Å². The number of hydrogen-bond donors (Lipinski definition) is 3. The highest BCUT2D eigenvalue weighted by Crippen LogP contribution is 2.10. The Kier molecular flexibility index (Phi) is 5.71. The molecule has 2 rings (SSSR count). The van der Waals surface area contributed by atoms with Crippen LogP contribution in [0.3, 0.4) is 0 Å². The first-order valence-electron chi connectivity index (χ1n) is 6.06. The molecule has 5 nitrogen and oxygen atoms in total. The molecule has 98 valence electrons. The second-order valence-electron chi connectivity index (χ2n) is 4.54. The van der Waals surface area contributed by atoms with Gasteiger partial charge in [-0.25, -0.2) is 0 Å². The number of amides is 2. The average Bonchev–Trinajstić information content (AvgIpc) is 2.73. The summed E-state index contributed by atoms with van der Waals surface area (Å²) in [6.07, 6.45) is 3.63. The fourth-order valence-corrected chi connectivity index (χ4v) is 2.25. The first-order chi connectivity index (χ1) is 7.77. The van der Waals surface area contributed by atoms with Crippen LogP contribution in [-0.2, 0) is 9.59 Å². The molecule has 2 saturated heterocycles. The summed E-state index contributed by atoms with van der Waals surface area (Å²) in [7, 11) is 0. The van der Waals surface area contributed by atoms with E-state index in [-0.39, 0.29) is 36.2 Å². The molecule has 2 atom stereocenters. The Morgan fingerprint density at radius 2 is 2.06 bits per heavy atom. The highest BCUT2D eigenvalue weighted by Gasteiger charge is 2.27. The minimum Gasteiger partial charge on any atom is -0.354 e. The van der Waals surface area contributed by atoms with Gasteiger partial charge in [-0.15, -0.1) is 12.4 Å². The third kappa shape index (κ3) is 3.85. The van der Waals surface area contributed by atoms with Gasteiger partial charge in [-0.05, 0) is 32.2 Å². The van der Waals surface area contributed by atoms with Gasteiger partial charge in [0.2, 0.25) is 11.8 Å². The first-order valence-corrected chi connectivity index (χ1v) is 6.06. The molecule has 2 fully saturated rings. The van der Waals surface area contributed by atoms with Gasteiger partial charge in [0.15, 0.2) is 0 Å². The molecular weight excluding hydrogens is 242 g/mol. The second kappa shape index (κ2) is 6.81. The van der Waals surface area contributed by atoms with E-state index in [4.69, 9.17) is 0 Å². The molecule has 17 heavy (non-hydrogen) atoms. The van der Waals surface area contributed by atoms with Crippen molar-refractivity contribution in [1.82, 2.24) is 16.0 Å². The van der Waals surface area contributed by atoms with Crippen LogP contribution in [-0.4, -0.2) is 37.5 Å². The predicted octanol–water partition coefficient (Wildman–Crippen LogP) is -0.197.